The number of aromatic amines is 1. The van der Waals surface area contributed by atoms with Gasteiger partial charge in [0.2, 0.25) is 0 Å². The van der Waals surface area contributed by atoms with Crippen molar-refractivity contribution in [3.8, 4) is 0 Å². The highest BCUT2D eigenvalue weighted by molar-refractivity contribution is 5.14. The van der Waals surface area contributed by atoms with Crippen molar-refractivity contribution >= 4 is 0 Å². The quantitative estimate of drug-likeness (QED) is 0.764. The summed E-state index contributed by atoms with van der Waals surface area (Å²) in [5.74, 6) is 0. The van der Waals surface area contributed by atoms with Crippen molar-refractivity contribution in [3.05, 3.63) is 68.5 Å². The fraction of sp³-hybridized carbons (Fsp3) is 0.444. The molecule has 1 fully saturated rings. The van der Waals surface area contributed by atoms with Gasteiger partial charge in [-0.1, -0.05) is 30.3 Å². The Morgan fingerprint density at radius 3 is 2.84 bits per heavy atom. The highest BCUT2D eigenvalue weighted by atomic mass is 16.7. The highest BCUT2D eigenvalue weighted by Gasteiger charge is 2.36. The molecular formula is C18H22N2O5. The summed E-state index contributed by atoms with van der Waals surface area (Å²) >= 11 is 0. The maximum absolute atomic E-state index is 11.9. The molecule has 0 unspecified atom stereocenters. The minimum Gasteiger partial charge on any atom is -0.388 e. The smallest absolute Gasteiger partial charge is 0.330 e. The predicted octanol–water partition coefficient (Wildman–Crippen LogP) is 1.10. The molecule has 7 nitrogen and oxygen atoms in total. The van der Waals surface area contributed by atoms with Gasteiger partial charge in [-0.3, -0.25) is 14.3 Å². The summed E-state index contributed by atoms with van der Waals surface area (Å²) in [7, 11) is 0. The number of nitrogens with one attached hydrogen (secondary N) is 1. The van der Waals surface area contributed by atoms with Gasteiger partial charge in [-0.25, -0.2) is 4.79 Å². The Balaban J connectivity index is 1.54. The summed E-state index contributed by atoms with van der Waals surface area (Å²) in [4.78, 5) is 25.6. The summed E-state index contributed by atoms with van der Waals surface area (Å²) in [6, 6.07) is 10.1. The molecule has 3 rings (SSSR count). The Morgan fingerprint density at radius 1 is 1.32 bits per heavy atom. The van der Waals surface area contributed by atoms with Gasteiger partial charge >= 0.3 is 5.69 Å². The van der Waals surface area contributed by atoms with E-state index in [1.807, 2.05) is 18.2 Å². The molecular weight excluding hydrogens is 324 g/mol. The number of H-pyrrole nitrogens is 1. The maximum Gasteiger partial charge on any atom is 0.330 e. The average Bonchev–Trinajstić information content (AvgIpc) is 2.96. The minimum absolute atomic E-state index is 0.231. The Labute approximate surface area is 144 Å². The third kappa shape index (κ3) is 4.25. The second kappa shape index (κ2) is 7.77. The molecule has 2 heterocycles. The molecule has 0 amide bonds. The van der Waals surface area contributed by atoms with E-state index in [2.05, 4.69) is 17.1 Å². The highest BCUT2D eigenvalue weighted by Crippen LogP contribution is 2.28. The first-order chi connectivity index (χ1) is 12.0. The van der Waals surface area contributed by atoms with Crippen LogP contribution in [0.1, 0.15) is 30.2 Å². The molecule has 3 atom stereocenters. The Bertz CT molecular complexity index is 814. The molecule has 25 heavy (non-hydrogen) atoms. The first-order valence-corrected chi connectivity index (χ1v) is 8.35. The number of benzene rings is 1. The van der Waals surface area contributed by atoms with Crippen LogP contribution in [0.4, 0.5) is 0 Å². The van der Waals surface area contributed by atoms with Crippen LogP contribution in [-0.4, -0.2) is 33.7 Å². The third-order valence-electron chi connectivity index (χ3n) is 4.24. The molecule has 2 N–H and O–H groups in total. The molecule has 134 valence electrons. The van der Waals surface area contributed by atoms with Gasteiger partial charge < -0.3 is 14.6 Å². The number of aliphatic hydroxyl groups is 1. The lowest BCUT2D eigenvalue weighted by Gasteiger charge is -2.17. The molecule has 0 radical (unpaired) electrons. The fourth-order valence-electron chi connectivity index (χ4n) is 2.87. The summed E-state index contributed by atoms with van der Waals surface area (Å²) in [6.07, 6.45) is 1.10. The van der Waals surface area contributed by atoms with Crippen LogP contribution in [0.2, 0.25) is 0 Å². The van der Waals surface area contributed by atoms with Crippen LogP contribution in [0.5, 0.6) is 0 Å². The van der Waals surface area contributed by atoms with Crippen LogP contribution in [0.25, 0.3) is 0 Å². The van der Waals surface area contributed by atoms with Gasteiger partial charge in [-0.2, -0.15) is 0 Å². The molecule has 2 aromatic rings. The molecule has 0 bridgehead atoms. The number of nitrogens with zero attached hydrogens (tertiary/aromatic N) is 1. The predicted molar refractivity (Wildman–Crippen MR) is 91.3 cm³/mol. The number of hydrogen-bond acceptors (Lipinski definition) is 5. The summed E-state index contributed by atoms with van der Waals surface area (Å²) in [5.41, 5.74) is 0.656. The van der Waals surface area contributed by atoms with Crippen molar-refractivity contribution in [2.75, 3.05) is 6.61 Å². The number of hydrogen-bond donors (Lipinski definition) is 2. The molecule has 0 aliphatic carbocycles. The normalized spacial score (nSPS) is 23.0. The number of aryl methyl sites for hydroxylation is 2. The van der Waals surface area contributed by atoms with Gasteiger partial charge in [0.05, 0.1) is 6.61 Å². The van der Waals surface area contributed by atoms with E-state index >= 15 is 0 Å². The van der Waals surface area contributed by atoms with Gasteiger partial charge in [0.25, 0.3) is 5.56 Å². The van der Waals surface area contributed by atoms with E-state index in [4.69, 9.17) is 9.47 Å². The standard InChI is InChI=1S/C18H22N2O5/c1-12-11-20(18(23)19-16(12)22)15-10-14(21)17(25-15)24-9-5-8-13-6-3-2-4-7-13/h2-4,6-7,11,14-15,17,21H,5,8-10H2,1H3,(H,19,22,23)/t14-,15+,17-/m0/s1. The zero-order valence-electron chi connectivity index (χ0n) is 14.1. The van der Waals surface area contributed by atoms with Crippen LogP contribution in [-0.2, 0) is 15.9 Å². The van der Waals surface area contributed by atoms with E-state index in [0.717, 1.165) is 12.8 Å². The first kappa shape index (κ1) is 17.6. The van der Waals surface area contributed by atoms with Crippen molar-refractivity contribution in [2.45, 2.75) is 44.8 Å². The number of aromatic nitrogens is 2. The topological polar surface area (TPSA) is 93.6 Å². The Morgan fingerprint density at radius 2 is 2.08 bits per heavy atom. The molecule has 1 aromatic carbocycles. The Kier molecular flexibility index (Phi) is 5.47. The number of aliphatic hydroxyl groups excluding tert-OH is 1. The van der Waals surface area contributed by atoms with Gasteiger partial charge in [0, 0.05) is 18.2 Å². The minimum atomic E-state index is -0.819. The van der Waals surface area contributed by atoms with E-state index in [-0.39, 0.29) is 6.42 Å². The number of rotatable bonds is 6. The van der Waals surface area contributed by atoms with E-state index in [1.54, 1.807) is 6.92 Å². The van der Waals surface area contributed by atoms with Gasteiger partial charge in [0.1, 0.15) is 12.3 Å². The second-order valence-corrected chi connectivity index (χ2v) is 6.20. The SMILES string of the molecule is Cc1cn([C@H]2C[C@H](O)[C@@H](OCCCc3ccccc3)O2)c(=O)[nH]c1=O. The molecule has 0 spiro atoms. The number of ether oxygens (including phenoxy) is 2. The van der Waals surface area contributed by atoms with E-state index in [0.29, 0.717) is 12.2 Å². The second-order valence-electron chi connectivity index (χ2n) is 6.20. The zero-order chi connectivity index (χ0) is 17.8. The fourth-order valence-corrected chi connectivity index (χ4v) is 2.87. The van der Waals surface area contributed by atoms with Crippen LogP contribution in [0.15, 0.2) is 46.1 Å². The first-order valence-electron chi connectivity index (χ1n) is 8.35. The molecule has 1 aliphatic rings. The van der Waals surface area contributed by atoms with E-state index in [9.17, 15) is 14.7 Å². The van der Waals surface area contributed by atoms with Crippen molar-refractivity contribution in [2.24, 2.45) is 0 Å². The van der Waals surface area contributed by atoms with Gasteiger partial charge in [-0.05, 0) is 25.3 Å². The molecule has 1 aromatic heterocycles. The molecule has 7 heteroatoms. The van der Waals surface area contributed by atoms with E-state index in [1.165, 1.54) is 16.3 Å². The lowest BCUT2D eigenvalue weighted by Crippen LogP contribution is -2.33. The van der Waals surface area contributed by atoms with Crippen LogP contribution in [0.3, 0.4) is 0 Å². The zero-order valence-corrected chi connectivity index (χ0v) is 14.1. The summed E-state index contributed by atoms with van der Waals surface area (Å²) < 4.78 is 12.6. The van der Waals surface area contributed by atoms with Crippen molar-refractivity contribution in [1.82, 2.24) is 9.55 Å². The lowest BCUT2D eigenvalue weighted by atomic mass is 10.1. The molecule has 0 saturated carbocycles. The van der Waals surface area contributed by atoms with Crippen LogP contribution < -0.4 is 11.2 Å². The monoisotopic (exact) mass is 346 g/mol. The van der Waals surface area contributed by atoms with Gasteiger partial charge in [0.15, 0.2) is 6.29 Å². The van der Waals surface area contributed by atoms with Crippen LogP contribution >= 0.6 is 0 Å². The summed E-state index contributed by atoms with van der Waals surface area (Å²) in [6.45, 7) is 2.06. The van der Waals surface area contributed by atoms with Gasteiger partial charge in [-0.15, -0.1) is 0 Å². The van der Waals surface area contributed by atoms with Crippen molar-refractivity contribution < 1.29 is 14.6 Å². The van der Waals surface area contributed by atoms with E-state index < -0.39 is 29.9 Å². The van der Waals surface area contributed by atoms with Crippen molar-refractivity contribution in [3.63, 3.8) is 0 Å². The summed E-state index contributed by atoms with van der Waals surface area (Å²) in [5, 5.41) is 10.1. The average molecular weight is 346 g/mol. The third-order valence-corrected chi connectivity index (χ3v) is 4.24. The van der Waals surface area contributed by atoms with Crippen molar-refractivity contribution in [1.29, 1.82) is 0 Å². The maximum atomic E-state index is 11.9. The molecule has 1 aliphatic heterocycles. The lowest BCUT2D eigenvalue weighted by molar-refractivity contribution is -0.177. The molecule has 1 saturated heterocycles. The Hall–Kier alpha value is -2.22. The largest absolute Gasteiger partial charge is 0.388 e. The van der Waals surface area contributed by atoms with Crippen LogP contribution in [0, 0.1) is 6.92 Å².